The van der Waals surface area contributed by atoms with Crippen LogP contribution in [0.2, 0.25) is 0 Å². The van der Waals surface area contributed by atoms with Crippen LogP contribution in [0.1, 0.15) is 32.8 Å². The highest BCUT2D eigenvalue weighted by Gasteiger charge is 2.25. The van der Waals surface area contributed by atoms with Crippen molar-refractivity contribution in [2.24, 2.45) is 0 Å². The van der Waals surface area contributed by atoms with Crippen molar-refractivity contribution in [2.45, 2.75) is 44.6 Å². The Hall–Kier alpha value is -0.870. The van der Waals surface area contributed by atoms with Crippen LogP contribution in [-0.2, 0) is 10.0 Å². The molecule has 0 amide bonds. The van der Waals surface area contributed by atoms with Gasteiger partial charge in [0.25, 0.3) is 0 Å². The van der Waals surface area contributed by atoms with E-state index in [0.29, 0.717) is 4.90 Å². The number of sulfonamides is 1. The molecular weight excluding hydrogens is 222 g/mol. The molecule has 0 aliphatic rings. The van der Waals surface area contributed by atoms with Gasteiger partial charge in [-0.2, -0.15) is 0 Å². The molecule has 0 aromatic heterocycles. The van der Waals surface area contributed by atoms with E-state index in [1.54, 1.807) is 25.1 Å². The van der Waals surface area contributed by atoms with Gasteiger partial charge in [0.1, 0.15) is 0 Å². The second-order valence-corrected chi connectivity index (χ2v) is 6.26. The van der Waals surface area contributed by atoms with E-state index in [9.17, 15) is 8.42 Å². The number of aryl methyl sites for hydroxylation is 1. The zero-order valence-corrected chi connectivity index (χ0v) is 11.1. The Morgan fingerprint density at radius 1 is 1.25 bits per heavy atom. The van der Waals surface area contributed by atoms with E-state index in [2.05, 4.69) is 4.72 Å². The SMILES string of the molecule is CCC(C)(C)NS(=O)(=O)c1ccccc1C. The van der Waals surface area contributed by atoms with Gasteiger partial charge >= 0.3 is 0 Å². The van der Waals surface area contributed by atoms with E-state index < -0.39 is 15.6 Å². The van der Waals surface area contributed by atoms with Gasteiger partial charge in [-0.3, -0.25) is 0 Å². The van der Waals surface area contributed by atoms with Crippen LogP contribution in [0.25, 0.3) is 0 Å². The summed E-state index contributed by atoms with van der Waals surface area (Å²) >= 11 is 0. The molecule has 0 unspecified atom stereocenters. The zero-order valence-electron chi connectivity index (χ0n) is 10.2. The van der Waals surface area contributed by atoms with Gasteiger partial charge in [0, 0.05) is 5.54 Å². The molecule has 1 aromatic rings. The van der Waals surface area contributed by atoms with Gasteiger partial charge in [0.05, 0.1) is 4.90 Å². The topological polar surface area (TPSA) is 46.2 Å². The molecule has 3 nitrogen and oxygen atoms in total. The van der Waals surface area contributed by atoms with Crippen molar-refractivity contribution in [1.29, 1.82) is 0 Å². The summed E-state index contributed by atoms with van der Waals surface area (Å²) in [5, 5.41) is 0. The summed E-state index contributed by atoms with van der Waals surface area (Å²) in [4.78, 5) is 0.358. The summed E-state index contributed by atoms with van der Waals surface area (Å²) in [6.45, 7) is 7.51. The first kappa shape index (κ1) is 13.2. The molecule has 0 radical (unpaired) electrons. The predicted octanol–water partition coefficient (Wildman–Crippen LogP) is 2.46. The third kappa shape index (κ3) is 3.06. The molecule has 90 valence electrons. The number of benzene rings is 1. The fraction of sp³-hybridized carbons (Fsp3) is 0.500. The molecule has 1 aromatic carbocycles. The monoisotopic (exact) mass is 241 g/mol. The molecule has 0 spiro atoms. The number of hydrogen-bond donors (Lipinski definition) is 1. The average molecular weight is 241 g/mol. The highest BCUT2D eigenvalue weighted by molar-refractivity contribution is 7.89. The highest BCUT2D eigenvalue weighted by atomic mass is 32.2. The van der Waals surface area contributed by atoms with Crippen molar-refractivity contribution in [3.63, 3.8) is 0 Å². The van der Waals surface area contributed by atoms with Gasteiger partial charge in [-0.15, -0.1) is 0 Å². The lowest BCUT2D eigenvalue weighted by atomic mass is 10.0. The lowest BCUT2D eigenvalue weighted by molar-refractivity contribution is 0.439. The van der Waals surface area contributed by atoms with Crippen molar-refractivity contribution in [3.05, 3.63) is 29.8 Å². The second-order valence-electron chi connectivity index (χ2n) is 4.61. The second kappa shape index (κ2) is 4.55. The maximum Gasteiger partial charge on any atom is 0.241 e. The van der Waals surface area contributed by atoms with Crippen molar-refractivity contribution >= 4 is 10.0 Å². The number of rotatable bonds is 4. The first-order chi connectivity index (χ1) is 7.28. The largest absolute Gasteiger partial charge is 0.241 e. The first-order valence-corrected chi connectivity index (χ1v) is 6.86. The van der Waals surface area contributed by atoms with Crippen molar-refractivity contribution in [1.82, 2.24) is 4.72 Å². The molecule has 0 atom stereocenters. The third-order valence-corrected chi connectivity index (χ3v) is 4.54. The maximum absolute atomic E-state index is 12.1. The van der Waals surface area contributed by atoms with E-state index in [-0.39, 0.29) is 0 Å². The Kier molecular flexibility index (Phi) is 3.76. The fourth-order valence-electron chi connectivity index (χ4n) is 1.35. The maximum atomic E-state index is 12.1. The number of nitrogens with one attached hydrogen (secondary N) is 1. The Bertz CT molecular complexity index is 464. The van der Waals surface area contributed by atoms with Gasteiger partial charge in [-0.25, -0.2) is 13.1 Å². The molecule has 0 aliphatic heterocycles. The normalized spacial score (nSPS) is 12.8. The number of hydrogen-bond acceptors (Lipinski definition) is 2. The quantitative estimate of drug-likeness (QED) is 0.880. The summed E-state index contributed by atoms with van der Waals surface area (Å²) in [5.41, 5.74) is 0.350. The van der Waals surface area contributed by atoms with E-state index in [4.69, 9.17) is 0 Å². The van der Waals surface area contributed by atoms with E-state index in [1.165, 1.54) is 0 Å². The summed E-state index contributed by atoms with van der Waals surface area (Å²) in [6.07, 6.45) is 0.748. The van der Waals surface area contributed by atoms with E-state index in [0.717, 1.165) is 12.0 Å². The Morgan fingerprint density at radius 2 is 1.81 bits per heavy atom. The summed E-state index contributed by atoms with van der Waals surface area (Å²) < 4.78 is 26.9. The molecule has 0 aliphatic carbocycles. The first-order valence-electron chi connectivity index (χ1n) is 5.38. The predicted molar refractivity (Wildman–Crippen MR) is 65.9 cm³/mol. The van der Waals surface area contributed by atoms with E-state index >= 15 is 0 Å². The molecule has 1 rings (SSSR count). The van der Waals surface area contributed by atoms with Gasteiger partial charge in [0.2, 0.25) is 10.0 Å². The Balaban J connectivity index is 3.09. The minimum Gasteiger partial charge on any atom is -0.207 e. The van der Waals surface area contributed by atoms with Crippen molar-refractivity contribution in [3.8, 4) is 0 Å². The minimum absolute atomic E-state index is 0.358. The van der Waals surface area contributed by atoms with E-state index in [1.807, 2.05) is 26.8 Å². The Labute approximate surface area is 97.9 Å². The molecule has 1 N–H and O–H groups in total. The van der Waals surface area contributed by atoms with Crippen molar-refractivity contribution in [2.75, 3.05) is 0 Å². The third-order valence-electron chi connectivity index (χ3n) is 2.68. The summed E-state index contributed by atoms with van der Waals surface area (Å²) in [6, 6.07) is 7.00. The zero-order chi connectivity index (χ0) is 12.4. The van der Waals surface area contributed by atoms with Crippen LogP contribution in [0.3, 0.4) is 0 Å². The molecule has 0 saturated carbocycles. The molecule has 4 heteroatoms. The van der Waals surface area contributed by atoms with Gasteiger partial charge < -0.3 is 0 Å². The minimum atomic E-state index is -3.41. The molecule has 0 saturated heterocycles. The van der Waals surface area contributed by atoms with Crippen LogP contribution in [0.5, 0.6) is 0 Å². The van der Waals surface area contributed by atoms with Crippen LogP contribution >= 0.6 is 0 Å². The molecule has 0 fully saturated rings. The molecular formula is C12H19NO2S. The van der Waals surface area contributed by atoms with Crippen molar-refractivity contribution < 1.29 is 8.42 Å². The molecule has 0 heterocycles. The average Bonchev–Trinajstić information content (AvgIpc) is 2.16. The molecule has 16 heavy (non-hydrogen) atoms. The molecule has 0 bridgehead atoms. The smallest absolute Gasteiger partial charge is 0.207 e. The summed E-state index contributed by atoms with van der Waals surface area (Å²) in [5.74, 6) is 0. The fourth-order valence-corrected chi connectivity index (χ4v) is 3.08. The van der Waals surface area contributed by atoms with Crippen LogP contribution in [0.15, 0.2) is 29.2 Å². The van der Waals surface area contributed by atoms with Gasteiger partial charge in [0.15, 0.2) is 0 Å². The van der Waals surface area contributed by atoms with Gasteiger partial charge in [-0.1, -0.05) is 25.1 Å². The Morgan fingerprint density at radius 3 is 2.31 bits per heavy atom. The van der Waals surface area contributed by atoms with Gasteiger partial charge in [-0.05, 0) is 38.8 Å². The van der Waals surface area contributed by atoms with Crippen LogP contribution in [0.4, 0.5) is 0 Å². The lowest BCUT2D eigenvalue weighted by Gasteiger charge is -2.24. The van der Waals surface area contributed by atoms with Crippen LogP contribution < -0.4 is 4.72 Å². The van der Waals surface area contributed by atoms with Crippen LogP contribution in [-0.4, -0.2) is 14.0 Å². The lowest BCUT2D eigenvalue weighted by Crippen LogP contribution is -2.42. The standard InChI is InChI=1S/C12H19NO2S/c1-5-12(3,4)13-16(14,15)11-9-7-6-8-10(11)2/h6-9,13H,5H2,1-4H3. The van der Waals surface area contributed by atoms with Crippen LogP contribution in [0, 0.1) is 6.92 Å². The summed E-state index contributed by atoms with van der Waals surface area (Å²) in [7, 11) is -3.41. The highest BCUT2D eigenvalue weighted by Crippen LogP contribution is 2.18.